The van der Waals surface area contributed by atoms with Crippen LogP contribution in [0, 0.1) is 11.8 Å². The molecule has 2 aliphatic rings. The van der Waals surface area contributed by atoms with Gasteiger partial charge in [0.05, 0.1) is 5.56 Å². The highest BCUT2D eigenvalue weighted by Gasteiger charge is 2.49. The zero-order valence-corrected chi connectivity index (χ0v) is 19.9. The fourth-order valence-corrected chi connectivity index (χ4v) is 5.46. The number of amides is 1. The first kappa shape index (κ1) is 23.5. The van der Waals surface area contributed by atoms with Crippen LogP contribution < -0.4 is 5.32 Å². The maximum Gasteiger partial charge on any atom is 0.338 e. The number of cyclic esters (lactones) is 1. The van der Waals surface area contributed by atoms with Crippen LogP contribution in [0.4, 0.5) is 5.69 Å². The molecule has 0 bridgehead atoms. The molecule has 176 valence electrons. The van der Waals surface area contributed by atoms with Gasteiger partial charge in [0.25, 0.3) is 5.91 Å². The number of anilines is 1. The van der Waals surface area contributed by atoms with Crippen molar-refractivity contribution in [3.8, 4) is 0 Å². The first-order chi connectivity index (χ1) is 15.7. The standard InChI is InChI=1S/C28H35NO4/c1-19(27(2,3)22-12-8-5-9-13-22)28(32,17-20-10-6-4-7-11-20)26(31)29-23-14-15-24-21(16-23)18-33-25(24)30/h5,8-9,12-16,19-20,32H,4,6-7,10-11,17-18H2,1-3H3,(H,29,31). The fourth-order valence-electron chi connectivity index (χ4n) is 5.46. The van der Waals surface area contributed by atoms with E-state index < -0.39 is 11.0 Å². The van der Waals surface area contributed by atoms with E-state index >= 15 is 0 Å². The van der Waals surface area contributed by atoms with E-state index in [1.807, 2.05) is 25.1 Å². The van der Waals surface area contributed by atoms with E-state index in [2.05, 4.69) is 31.3 Å². The minimum Gasteiger partial charge on any atom is -0.457 e. The van der Waals surface area contributed by atoms with Crippen LogP contribution in [-0.2, 0) is 21.6 Å². The van der Waals surface area contributed by atoms with Crippen LogP contribution >= 0.6 is 0 Å². The molecule has 1 amide bonds. The molecule has 4 rings (SSSR count). The smallest absolute Gasteiger partial charge is 0.338 e. The predicted molar refractivity (Wildman–Crippen MR) is 129 cm³/mol. The van der Waals surface area contributed by atoms with Crippen molar-refractivity contribution >= 4 is 17.6 Å². The molecule has 0 aromatic heterocycles. The molecule has 0 spiro atoms. The van der Waals surface area contributed by atoms with Crippen molar-refractivity contribution in [1.29, 1.82) is 0 Å². The van der Waals surface area contributed by atoms with Crippen LogP contribution in [-0.4, -0.2) is 22.6 Å². The van der Waals surface area contributed by atoms with Crippen LogP contribution in [0.5, 0.6) is 0 Å². The molecule has 1 fully saturated rings. The number of aliphatic hydroxyl groups is 1. The van der Waals surface area contributed by atoms with Gasteiger partial charge < -0.3 is 15.2 Å². The van der Waals surface area contributed by atoms with Gasteiger partial charge in [0.2, 0.25) is 0 Å². The third kappa shape index (κ3) is 4.70. The molecule has 0 saturated heterocycles. The Kier molecular flexibility index (Phi) is 6.62. The molecule has 5 heteroatoms. The molecule has 2 aromatic carbocycles. The van der Waals surface area contributed by atoms with Crippen molar-refractivity contribution in [1.82, 2.24) is 0 Å². The van der Waals surface area contributed by atoms with Gasteiger partial charge in [0, 0.05) is 17.2 Å². The van der Waals surface area contributed by atoms with Crippen molar-refractivity contribution in [3.63, 3.8) is 0 Å². The monoisotopic (exact) mass is 449 g/mol. The number of benzene rings is 2. The van der Waals surface area contributed by atoms with Crippen molar-refractivity contribution in [2.75, 3.05) is 5.32 Å². The van der Waals surface area contributed by atoms with E-state index in [0.29, 0.717) is 23.6 Å². The molecule has 2 atom stereocenters. The molecular formula is C28H35NO4. The summed E-state index contributed by atoms with van der Waals surface area (Å²) in [5, 5.41) is 15.1. The lowest BCUT2D eigenvalue weighted by molar-refractivity contribution is -0.146. The average molecular weight is 450 g/mol. The van der Waals surface area contributed by atoms with Gasteiger partial charge in [-0.2, -0.15) is 0 Å². The quantitative estimate of drug-likeness (QED) is 0.539. The maximum atomic E-state index is 13.7. The summed E-state index contributed by atoms with van der Waals surface area (Å²) in [4.78, 5) is 25.5. The molecule has 2 unspecified atom stereocenters. The highest BCUT2D eigenvalue weighted by molar-refractivity contribution is 5.99. The first-order valence-electron chi connectivity index (χ1n) is 12.1. The number of rotatable bonds is 7. The Labute approximate surface area is 196 Å². The lowest BCUT2D eigenvalue weighted by Crippen LogP contribution is -2.55. The van der Waals surface area contributed by atoms with E-state index in [4.69, 9.17) is 4.74 Å². The van der Waals surface area contributed by atoms with Gasteiger partial charge in [0.1, 0.15) is 12.2 Å². The number of fused-ring (bicyclic) bond motifs is 1. The van der Waals surface area contributed by atoms with E-state index in [0.717, 1.165) is 36.8 Å². The van der Waals surface area contributed by atoms with Crippen molar-refractivity contribution in [2.24, 2.45) is 11.8 Å². The third-order valence-electron chi connectivity index (χ3n) is 7.98. The Hall–Kier alpha value is -2.66. The fraction of sp³-hybridized carbons (Fsp3) is 0.500. The summed E-state index contributed by atoms with van der Waals surface area (Å²) in [5.74, 6) is -0.715. The van der Waals surface area contributed by atoms with Gasteiger partial charge >= 0.3 is 5.97 Å². The van der Waals surface area contributed by atoms with Crippen LogP contribution in [0.15, 0.2) is 48.5 Å². The van der Waals surface area contributed by atoms with Gasteiger partial charge in [0.15, 0.2) is 0 Å². The van der Waals surface area contributed by atoms with E-state index in [-0.39, 0.29) is 24.4 Å². The van der Waals surface area contributed by atoms with Gasteiger partial charge in [-0.1, -0.05) is 83.2 Å². The Morgan fingerprint density at radius 3 is 2.52 bits per heavy atom. The van der Waals surface area contributed by atoms with Gasteiger partial charge in [-0.25, -0.2) is 4.79 Å². The Balaban J connectivity index is 1.63. The summed E-state index contributed by atoms with van der Waals surface area (Å²) in [7, 11) is 0. The molecule has 1 saturated carbocycles. The summed E-state index contributed by atoms with van der Waals surface area (Å²) in [6.07, 6.45) is 6.07. The molecule has 1 heterocycles. The van der Waals surface area contributed by atoms with Gasteiger partial charge in [-0.05, 0) is 41.5 Å². The summed E-state index contributed by atoms with van der Waals surface area (Å²) >= 11 is 0. The topological polar surface area (TPSA) is 75.6 Å². The molecule has 0 radical (unpaired) electrons. The number of ether oxygens (including phenoxy) is 1. The normalized spacial score (nSPS) is 19.3. The SMILES string of the molecule is CC(C(O)(CC1CCCCC1)C(=O)Nc1ccc2c(c1)COC2=O)C(C)(C)c1ccccc1. The highest BCUT2D eigenvalue weighted by atomic mass is 16.5. The summed E-state index contributed by atoms with van der Waals surface area (Å²) < 4.78 is 5.08. The van der Waals surface area contributed by atoms with Crippen molar-refractivity contribution in [3.05, 3.63) is 65.2 Å². The number of hydrogen-bond acceptors (Lipinski definition) is 4. The van der Waals surface area contributed by atoms with Crippen LogP contribution in [0.3, 0.4) is 0 Å². The maximum absolute atomic E-state index is 13.7. The number of esters is 1. The van der Waals surface area contributed by atoms with Gasteiger partial charge in [-0.3, -0.25) is 4.79 Å². The van der Waals surface area contributed by atoms with Crippen LogP contribution in [0.1, 0.15) is 80.8 Å². The van der Waals surface area contributed by atoms with E-state index in [1.165, 1.54) is 6.42 Å². The number of nitrogens with one attached hydrogen (secondary N) is 1. The van der Waals surface area contributed by atoms with E-state index in [9.17, 15) is 14.7 Å². The molecule has 1 aliphatic carbocycles. The highest BCUT2D eigenvalue weighted by Crippen LogP contribution is 2.43. The lowest BCUT2D eigenvalue weighted by Gasteiger charge is -2.44. The molecular weight excluding hydrogens is 414 g/mol. The Morgan fingerprint density at radius 2 is 1.82 bits per heavy atom. The zero-order valence-electron chi connectivity index (χ0n) is 19.9. The Bertz CT molecular complexity index is 1010. The summed E-state index contributed by atoms with van der Waals surface area (Å²) in [6, 6.07) is 15.3. The Morgan fingerprint density at radius 1 is 1.12 bits per heavy atom. The average Bonchev–Trinajstić information content (AvgIpc) is 3.19. The lowest BCUT2D eigenvalue weighted by atomic mass is 9.63. The largest absolute Gasteiger partial charge is 0.457 e. The van der Waals surface area contributed by atoms with Crippen molar-refractivity contribution in [2.45, 2.75) is 76.9 Å². The minimum atomic E-state index is -1.54. The molecule has 2 aromatic rings. The molecule has 33 heavy (non-hydrogen) atoms. The van der Waals surface area contributed by atoms with Gasteiger partial charge in [-0.15, -0.1) is 0 Å². The third-order valence-corrected chi connectivity index (χ3v) is 7.98. The number of hydrogen-bond donors (Lipinski definition) is 2. The summed E-state index contributed by atoms with van der Waals surface area (Å²) in [6.45, 7) is 6.40. The molecule has 5 nitrogen and oxygen atoms in total. The van der Waals surface area contributed by atoms with Crippen molar-refractivity contribution < 1.29 is 19.4 Å². The van der Waals surface area contributed by atoms with Crippen LogP contribution in [0.2, 0.25) is 0 Å². The predicted octanol–water partition coefficient (Wildman–Crippen LogP) is 5.61. The molecule has 2 N–H and O–H groups in total. The van der Waals surface area contributed by atoms with Crippen LogP contribution in [0.25, 0.3) is 0 Å². The van der Waals surface area contributed by atoms with E-state index in [1.54, 1.807) is 18.2 Å². The second-order valence-electron chi connectivity index (χ2n) is 10.3. The summed E-state index contributed by atoms with van der Waals surface area (Å²) in [5.41, 5.74) is 1.01. The number of carbonyl (C=O) groups is 2. The molecule has 1 aliphatic heterocycles. The first-order valence-corrected chi connectivity index (χ1v) is 12.1. The second kappa shape index (κ2) is 9.30. The number of carbonyl (C=O) groups excluding carboxylic acids is 2. The minimum absolute atomic E-state index is 0.210. The second-order valence-corrected chi connectivity index (χ2v) is 10.3. The zero-order chi connectivity index (χ0) is 23.6.